The van der Waals surface area contributed by atoms with Crippen molar-refractivity contribution < 1.29 is 37.7 Å². The van der Waals surface area contributed by atoms with Gasteiger partial charge in [-0.15, -0.1) is 23.2 Å². The fourth-order valence-corrected chi connectivity index (χ4v) is 3.85. The molecule has 0 aliphatic carbocycles. The molecule has 2 aromatic carbocycles. The Morgan fingerprint density at radius 3 is 1.46 bits per heavy atom. The van der Waals surface area contributed by atoms with Gasteiger partial charge in [-0.1, -0.05) is 24.3 Å². The van der Waals surface area contributed by atoms with Crippen LogP contribution in [0.2, 0.25) is 0 Å². The molecule has 2 rings (SSSR count). The van der Waals surface area contributed by atoms with Crippen LogP contribution in [0, 0.1) is 11.6 Å². The Kier molecular flexibility index (Phi) is 13.2. The molecule has 0 saturated carbocycles. The van der Waals surface area contributed by atoms with Crippen molar-refractivity contribution in [2.75, 3.05) is 33.1 Å². The van der Waals surface area contributed by atoms with Crippen molar-refractivity contribution in [3.8, 4) is 0 Å². The smallest absolute Gasteiger partial charge is 0.342 e. The highest BCUT2D eigenvalue weighted by atomic mass is 35.5. The first-order chi connectivity index (χ1) is 16.7. The minimum absolute atomic E-state index is 0.244. The molecule has 0 bridgehead atoms. The standard InChI is InChI=1S/C13H16ClFO3.C12H14ClFO3/c1-17-12(16)13(18-2,8-3-9-14)10-4-6-11(15)7-5-10;1-17-12(11(15)16,7-2-8-13)9-3-5-10(14)6-4-9/h4-7H,3,8-9H2,1-2H3;3-6H,2,7-8H2,1H3,(H,15,16). The number of benzene rings is 2. The molecule has 35 heavy (non-hydrogen) atoms. The highest BCUT2D eigenvalue weighted by Gasteiger charge is 2.41. The molecule has 0 aromatic heterocycles. The van der Waals surface area contributed by atoms with E-state index in [-0.39, 0.29) is 12.2 Å². The van der Waals surface area contributed by atoms with Crippen LogP contribution in [0.25, 0.3) is 0 Å². The second kappa shape index (κ2) is 15.0. The van der Waals surface area contributed by atoms with E-state index < -0.39 is 29.0 Å². The highest BCUT2D eigenvalue weighted by Crippen LogP contribution is 2.33. The van der Waals surface area contributed by atoms with Crippen LogP contribution in [0.3, 0.4) is 0 Å². The van der Waals surface area contributed by atoms with Crippen LogP contribution in [0.15, 0.2) is 48.5 Å². The van der Waals surface area contributed by atoms with Gasteiger partial charge in [0.05, 0.1) is 7.11 Å². The zero-order chi connectivity index (χ0) is 26.5. The molecule has 10 heteroatoms. The van der Waals surface area contributed by atoms with Crippen molar-refractivity contribution in [1.29, 1.82) is 0 Å². The molecule has 6 nitrogen and oxygen atoms in total. The number of aliphatic carboxylic acids is 1. The third kappa shape index (κ3) is 7.87. The topological polar surface area (TPSA) is 82.1 Å². The number of carbonyl (C=O) groups excluding carboxylic acids is 1. The average molecular weight is 535 g/mol. The van der Waals surface area contributed by atoms with Gasteiger partial charge >= 0.3 is 11.9 Å². The minimum Gasteiger partial charge on any atom is -0.479 e. The summed E-state index contributed by atoms with van der Waals surface area (Å²) < 4.78 is 41.1. The predicted octanol–water partition coefficient (Wildman–Crippen LogP) is 5.63. The van der Waals surface area contributed by atoms with Crippen molar-refractivity contribution in [3.63, 3.8) is 0 Å². The van der Waals surface area contributed by atoms with Crippen molar-refractivity contribution in [1.82, 2.24) is 0 Å². The zero-order valence-corrected chi connectivity index (χ0v) is 21.4. The van der Waals surface area contributed by atoms with Gasteiger partial charge in [-0.2, -0.15) is 0 Å². The molecule has 0 amide bonds. The lowest BCUT2D eigenvalue weighted by atomic mass is 9.89. The fourth-order valence-electron chi connectivity index (χ4n) is 3.58. The van der Waals surface area contributed by atoms with Gasteiger partial charge in [0.1, 0.15) is 11.6 Å². The lowest BCUT2D eigenvalue weighted by Gasteiger charge is -2.29. The minimum atomic E-state index is -1.46. The number of carbonyl (C=O) groups is 2. The Hall–Kier alpha value is -2.26. The Morgan fingerprint density at radius 1 is 0.771 bits per heavy atom. The van der Waals surface area contributed by atoms with Gasteiger partial charge in [-0.05, 0) is 61.1 Å². The maximum Gasteiger partial charge on any atom is 0.342 e. The summed E-state index contributed by atoms with van der Waals surface area (Å²) >= 11 is 11.2. The van der Waals surface area contributed by atoms with Crippen molar-refractivity contribution >= 4 is 35.1 Å². The van der Waals surface area contributed by atoms with E-state index in [0.29, 0.717) is 42.1 Å². The lowest BCUT2D eigenvalue weighted by molar-refractivity contribution is -0.168. The summed E-state index contributed by atoms with van der Waals surface area (Å²) in [4.78, 5) is 23.4. The number of carboxylic acids is 1. The Bertz CT molecular complexity index is 927. The molecular weight excluding hydrogens is 505 g/mol. The van der Waals surface area contributed by atoms with Crippen LogP contribution < -0.4 is 0 Å². The van der Waals surface area contributed by atoms with Crippen LogP contribution in [0.5, 0.6) is 0 Å². The Balaban J connectivity index is 0.000000351. The lowest BCUT2D eigenvalue weighted by Crippen LogP contribution is -2.39. The maximum absolute atomic E-state index is 12.9. The van der Waals surface area contributed by atoms with E-state index in [2.05, 4.69) is 0 Å². The molecular formula is C25H30Cl2F2O6. The third-order valence-corrected chi connectivity index (χ3v) is 6.04. The number of ether oxygens (including phenoxy) is 3. The summed E-state index contributed by atoms with van der Waals surface area (Å²) in [5.74, 6) is -1.64. The van der Waals surface area contributed by atoms with E-state index >= 15 is 0 Å². The first kappa shape index (κ1) is 30.8. The number of halogens is 4. The number of carboxylic acid groups (broad SMARTS) is 1. The number of alkyl halides is 2. The molecule has 0 fully saturated rings. The van der Waals surface area contributed by atoms with Gasteiger partial charge in [0.25, 0.3) is 0 Å². The van der Waals surface area contributed by atoms with Crippen LogP contribution in [-0.4, -0.2) is 50.1 Å². The molecule has 0 saturated heterocycles. The van der Waals surface area contributed by atoms with E-state index in [1.807, 2.05) is 0 Å². The first-order valence-electron chi connectivity index (χ1n) is 10.7. The first-order valence-corrected chi connectivity index (χ1v) is 11.8. The Labute approximate surface area is 214 Å². The van der Waals surface area contributed by atoms with Gasteiger partial charge in [0.15, 0.2) is 11.2 Å². The molecule has 2 aromatic rings. The number of methoxy groups -OCH3 is 3. The molecule has 2 unspecified atom stereocenters. The fraction of sp³-hybridized carbons (Fsp3) is 0.440. The Morgan fingerprint density at radius 2 is 1.14 bits per heavy atom. The van der Waals surface area contributed by atoms with Crippen molar-refractivity contribution in [3.05, 3.63) is 71.3 Å². The van der Waals surface area contributed by atoms with Crippen LogP contribution >= 0.6 is 23.2 Å². The van der Waals surface area contributed by atoms with E-state index in [1.165, 1.54) is 69.9 Å². The number of rotatable bonds is 12. The molecule has 0 radical (unpaired) electrons. The molecule has 1 N–H and O–H groups in total. The molecule has 194 valence electrons. The molecule has 0 spiro atoms. The van der Waals surface area contributed by atoms with E-state index in [4.69, 9.17) is 37.4 Å². The number of hydrogen-bond acceptors (Lipinski definition) is 5. The van der Waals surface area contributed by atoms with Crippen LogP contribution in [0.4, 0.5) is 8.78 Å². The van der Waals surface area contributed by atoms with Gasteiger partial charge in [0.2, 0.25) is 0 Å². The third-order valence-electron chi connectivity index (χ3n) is 5.50. The predicted molar refractivity (Wildman–Crippen MR) is 130 cm³/mol. The van der Waals surface area contributed by atoms with Crippen LogP contribution in [-0.2, 0) is 35.0 Å². The van der Waals surface area contributed by atoms with Gasteiger partial charge in [-0.3, -0.25) is 0 Å². The van der Waals surface area contributed by atoms with Gasteiger partial charge in [-0.25, -0.2) is 18.4 Å². The quantitative estimate of drug-likeness (QED) is 0.280. The summed E-state index contributed by atoms with van der Waals surface area (Å²) in [6.07, 6.45) is 1.71. The van der Waals surface area contributed by atoms with Crippen molar-refractivity contribution in [2.24, 2.45) is 0 Å². The summed E-state index contributed by atoms with van der Waals surface area (Å²) in [5, 5.41) is 9.31. The largest absolute Gasteiger partial charge is 0.479 e. The summed E-state index contributed by atoms with van der Waals surface area (Å²) in [6.45, 7) is 0. The number of hydrogen-bond donors (Lipinski definition) is 1. The normalized spacial score (nSPS) is 14.1. The van der Waals surface area contributed by atoms with Crippen LogP contribution in [0.1, 0.15) is 36.8 Å². The van der Waals surface area contributed by atoms with E-state index in [1.54, 1.807) is 0 Å². The summed E-state index contributed by atoms with van der Waals surface area (Å²) in [7, 11) is 4.04. The molecule has 0 aliphatic rings. The maximum atomic E-state index is 12.9. The molecule has 0 heterocycles. The summed E-state index contributed by atoms with van der Waals surface area (Å²) in [5.41, 5.74) is -1.71. The van der Waals surface area contributed by atoms with Gasteiger partial charge in [0, 0.05) is 26.0 Å². The zero-order valence-electron chi connectivity index (χ0n) is 19.9. The average Bonchev–Trinajstić information content (AvgIpc) is 2.87. The van der Waals surface area contributed by atoms with E-state index in [0.717, 1.165) is 0 Å². The van der Waals surface area contributed by atoms with Crippen molar-refractivity contribution in [2.45, 2.75) is 36.9 Å². The van der Waals surface area contributed by atoms with E-state index in [9.17, 15) is 23.5 Å². The second-order valence-electron chi connectivity index (χ2n) is 7.46. The molecule has 0 aliphatic heterocycles. The highest BCUT2D eigenvalue weighted by molar-refractivity contribution is 6.18. The second-order valence-corrected chi connectivity index (χ2v) is 8.21. The van der Waals surface area contributed by atoms with Gasteiger partial charge < -0.3 is 19.3 Å². The number of esters is 1. The summed E-state index contributed by atoms with van der Waals surface area (Å²) in [6, 6.07) is 10.9. The monoisotopic (exact) mass is 534 g/mol. The SMILES string of the molecule is COC(=O)C(CCCCl)(OC)c1ccc(F)cc1.COC(CCCCl)(C(=O)O)c1ccc(F)cc1. The molecule has 2 atom stereocenters.